The summed E-state index contributed by atoms with van der Waals surface area (Å²) in [5.41, 5.74) is 1.61. The SMILES string of the molecule is CCCCCCCC(CC)c1nn(C2CCCCO2)c2ncn(C)c(=O)c12. The molecule has 27 heavy (non-hydrogen) atoms. The molecule has 0 bridgehead atoms. The normalized spacial score (nSPS) is 18.9. The number of unbranched alkanes of at least 4 members (excludes halogenated alkanes) is 4. The lowest BCUT2D eigenvalue weighted by molar-refractivity contribution is -0.0373. The van der Waals surface area contributed by atoms with Crippen LogP contribution in [0.1, 0.15) is 95.9 Å². The summed E-state index contributed by atoms with van der Waals surface area (Å²) < 4.78 is 9.39. The summed E-state index contributed by atoms with van der Waals surface area (Å²) in [6, 6.07) is 0. The molecule has 0 radical (unpaired) electrons. The molecule has 1 fully saturated rings. The Morgan fingerprint density at radius 1 is 1.22 bits per heavy atom. The molecule has 3 rings (SSSR count). The predicted octanol–water partition coefficient (Wildman–Crippen LogP) is 4.68. The Bertz CT molecular complexity index is 789. The second-order valence-electron chi connectivity index (χ2n) is 7.82. The van der Waals surface area contributed by atoms with Gasteiger partial charge >= 0.3 is 0 Å². The van der Waals surface area contributed by atoms with Crippen molar-refractivity contribution in [1.82, 2.24) is 19.3 Å². The van der Waals surface area contributed by atoms with Gasteiger partial charge in [0.05, 0.1) is 12.0 Å². The second kappa shape index (κ2) is 9.49. The first-order chi connectivity index (χ1) is 13.2. The van der Waals surface area contributed by atoms with E-state index in [1.165, 1.54) is 32.1 Å². The quantitative estimate of drug-likeness (QED) is 0.598. The topological polar surface area (TPSA) is 61.9 Å². The van der Waals surface area contributed by atoms with Crippen molar-refractivity contribution in [2.24, 2.45) is 7.05 Å². The Morgan fingerprint density at radius 3 is 2.74 bits per heavy atom. The van der Waals surface area contributed by atoms with E-state index in [2.05, 4.69) is 18.8 Å². The zero-order valence-corrected chi connectivity index (χ0v) is 17.1. The molecule has 2 atom stereocenters. The zero-order chi connectivity index (χ0) is 19.2. The molecule has 3 heterocycles. The van der Waals surface area contributed by atoms with Crippen molar-refractivity contribution >= 4 is 11.0 Å². The fraction of sp³-hybridized carbons (Fsp3) is 0.762. The molecule has 2 unspecified atom stereocenters. The van der Waals surface area contributed by atoms with E-state index in [4.69, 9.17) is 9.84 Å². The van der Waals surface area contributed by atoms with E-state index in [0.717, 1.165) is 44.4 Å². The molecule has 0 aromatic carbocycles. The largest absolute Gasteiger partial charge is 0.356 e. The van der Waals surface area contributed by atoms with Gasteiger partial charge in [0.25, 0.3) is 5.56 Å². The summed E-state index contributed by atoms with van der Waals surface area (Å²) in [7, 11) is 1.76. The number of nitrogens with zero attached hydrogens (tertiary/aromatic N) is 4. The van der Waals surface area contributed by atoms with Gasteiger partial charge in [-0.05, 0) is 32.1 Å². The highest BCUT2D eigenvalue weighted by Gasteiger charge is 2.26. The van der Waals surface area contributed by atoms with Gasteiger partial charge in [-0.2, -0.15) is 5.10 Å². The zero-order valence-electron chi connectivity index (χ0n) is 17.1. The molecule has 1 aliphatic heterocycles. The lowest BCUT2D eigenvalue weighted by atomic mass is 9.93. The monoisotopic (exact) mass is 374 g/mol. The van der Waals surface area contributed by atoms with Crippen LogP contribution in [0.5, 0.6) is 0 Å². The molecule has 1 saturated heterocycles. The third kappa shape index (κ3) is 4.42. The van der Waals surface area contributed by atoms with Crippen LogP contribution in [-0.4, -0.2) is 25.9 Å². The average molecular weight is 375 g/mol. The van der Waals surface area contributed by atoms with Crippen LogP contribution in [0.25, 0.3) is 11.0 Å². The van der Waals surface area contributed by atoms with Crippen molar-refractivity contribution in [1.29, 1.82) is 0 Å². The van der Waals surface area contributed by atoms with E-state index in [9.17, 15) is 4.79 Å². The van der Waals surface area contributed by atoms with Gasteiger partial charge < -0.3 is 9.30 Å². The summed E-state index contributed by atoms with van der Waals surface area (Å²) in [5, 5.41) is 5.61. The van der Waals surface area contributed by atoms with Crippen LogP contribution in [0.3, 0.4) is 0 Å². The summed E-state index contributed by atoms with van der Waals surface area (Å²) >= 11 is 0. The lowest BCUT2D eigenvalue weighted by Crippen LogP contribution is -2.21. The van der Waals surface area contributed by atoms with Gasteiger partial charge in [0.15, 0.2) is 11.9 Å². The predicted molar refractivity (Wildman–Crippen MR) is 108 cm³/mol. The van der Waals surface area contributed by atoms with E-state index in [0.29, 0.717) is 17.0 Å². The first-order valence-electron chi connectivity index (χ1n) is 10.7. The fourth-order valence-corrected chi connectivity index (χ4v) is 4.07. The Morgan fingerprint density at radius 2 is 2.04 bits per heavy atom. The second-order valence-corrected chi connectivity index (χ2v) is 7.82. The maximum absolute atomic E-state index is 12.9. The van der Waals surface area contributed by atoms with Gasteiger partial charge in [-0.3, -0.25) is 4.79 Å². The molecule has 0 spiro atoms. The first kappa shape index (κ1) is 20.1. The molecule has 0 N–H and O–H groups in total. The third-order valence-electron chi connectivity index (χ3n) is 5.76. The van der Waals surface area contributed by atoms with Gasteiger partial charge in [-0.25, -0.2) is 9.67 Å². The minimum Gasteiger partial charge on any atom is -0.356 e. The van der Waals surface area contributed by atoms with E-state index in [1.807, 2.05) is 4.68 Å². The molecule has 0 amide bonds. The number of aromatic nitrogens is 4. The molecule has 2 aromatic rings. The Hall–Kier alpha value is -1.69. The van der Waals surface area contributed by atoms with Crippen LogP contribution >= 0.6 is 0 Å². The summed E-state index contributed by atoms with van der Waals surface area (Å²) in [4.78, 5) is 17.5. The first-order valence-corrected chi connectivity index (χ1v) is 10.7. The lowest BCUT2D eigenvalue weighted by Gasteiger charge is -2.23. The highest BCUT2D eigenvalue weighted by molar-refractivity contribution is 5.77. The van der Waals surface area contributed by atoms with Gasteiger partial charge in [0.1, 0.15) is 5.39 Å². The molecule has 0 aliphatic carbocycles. The number of rotatable bonds is 9. The summed E-state index contributed by atoms with van der Waals surface area (Å²) in [6.45, 7) is 5.18. The van der Waals surface area contributed by atoms with Gasteiger partial charge in [0.2, 0.25) is 0 Å². The molecule has 0 saturated carbocycles. The standard InChI is InChI=1S/C21H34N4O2/c1-4-6-7-8-9-12-16(5-2)19-18-20(22-15-24(3)21(18)26)25(23-19)17-13-10-11-14-27-17/h15-17H,4-14H2,1-3H3. The fourth-order valence-electron chi connectivity index (χ4n) is 4.07. The van der Waals surface area contributed by atoms with E-state index in [-0.39, 0.29) is 11.8 Å². The number of hydrogen-bond acceptors (Lipinski definition) is 4. The number of fused-ring (bicyclic) bond motifs is 1. The molecule has 6 nitrogen and oxygen atoms in total. The number of aryl methyl sites for hydroxylation is 1. The summed E-state index contributed by atoms with van der Waals surface area (Å²) in [6.07, 6.45) is 13.0. The van der Waals surface area contributed by atoms with Crippen molar-refractivity contribution in [3.63, 3.8) is 0 Å². The Kier molecular flexibility index (Phi) is 7.05. The number of hydrogen-bond donors (Lipinski definition) is 0. The maximum Gasteiger partial charge on any atom is 0.264 e. The smallest absolute Gasteiger partial charge is 0.264 e. The third-order valence-corrected chi connectivity index (χ3v) is 5.76. The maximum atomic E-state index is 12.9. The molecular weight excluding hydrogens is 340 g/mol. The van der Waals surface area contributed by atoms with Crippen LogP contribution in [0.2, 0.25) is 0 Å². The molecular formula is C21H34N4O2. The van der Waals surface area contributed by atoms with Crippen molar-refractivity contribution < 1.29 is 4.74 Å². The number of ether oxygens (including phenoxy) is 1. The minimum atomic E-state index is -0.100. The van der Waals surface area contributed by atoms with Gasteiger partial charge in [-0.15, -0.1) is 0 Å². The van der Waals surface area contributed by atoms with Gasteiger partial charge in [0, 0.05) is 19.6 Å². The highest BCUT2D eigenvalue weighted by Crippen LogP contribution is 2.32. The van der Waals surface area contributed by atoms with Crippen LogP contribution in [0, 0.1) is 0 Å². The van der Waals surface area contributed by atoms with Crippen molar-refractivity contribution in [2.45, 2.75) is 90.2 Å². The van der Waals surface area contributed by atoms with E-state index < -0.39 is 0 Å². The van der Waals surface area contributed by atoms with Crippen LogP contribution in [0.4, 0.5) is 0 Å². The Labute approximate surface area is 161 Å². The molecule has 1 aliphatic rings. The van der Waals surface area contributed by atoms with Crippen molar-refractivity contribution in [2.75, 3.05) is 6.61 Å². The van der Waals surface area contributed by atoms with Crippen molar-refractivity contribution in [3.05, 3.63) is 22.4 Å². The molecule has 150 valence electrons. The summed E-state index contributed by atoms with van der Waals surface area (Å²) in [5.74, 6) is 0.302. The van der Waals surface area contributed by atoms with Crippen molar-refractivity contribution in [3.8, 4) is 0 Å². The molecule has 2 aromatic heterocycles. The van der Waals surface area contributed by atoms with E-state index in [1.54, 1.807) is 17.9 Å². The average Bonchev–Trinajstić information content (AvgIpc) is 3.08. The molecule has 6 heteroatoms. The van der Waals surface area contributed by atoms with Crippen LogP contribution in [0.15, 0.2) is 11.1 Å². The Balaban J connectivity index is 1.92. The van der Waals surface area contributed by atoms with Gasteiger partial charge in [-0.1, -0.05) is 46.0 Å². The highest BCUT2D eigenvalue weighted by atomic mass is 16.5. The van der Waals surface area contributed by atoms with Crippen LogP contribution < -0.4 is 5.56 Å². The minimum absolute atomic E-state index is 0.00138. The van der Waals surface area contributed by atoms with E-state index >= 15 is 0 Å². The van der Waals surface area contributed by atoms with Crippen LogP contribution in [-0.2, 0) is 11.8 Å².